The third kappa shape index (κ3) is 5.86. The number of hydrogen-bond acceptors (Lipinski definition) is 4. The summed E-state index contributed by atoms with van der Waals surface area (Å²) in [5, 5.41) is 11.8. The van der Waals surface area contributed by atoms with Crippen LogP contribution >= 0.6 is 0 Å². The van der Waals surface area contributed by atoms with Gasteiger partial charge in [0.05, 0.1) is 11.6 Å². The monoisotopic (exact) mass is 329 g/mol. The fraction of sp³-hybridized carbons (Fsp3) is 0.579. The number of carbonyl (C=O) groups excluding carboxylic acids is 1. The van der Waals surface area contributed by atoms with Crippen LogP contribution in [-0.4, -0.2) is 43.6 Å². The molecule has 0 bridgehead atoms. The zero-order chi connectivity index (χ0) is 17.4. The molecule has 1 atom stereocenters. The summed E-state index contributed by atoms with van der Waals surface area (Å²) in [7, 11) is 0. The van der Waals surface area contributed by atoms with Crippen LogP contribution < -0.4 is 10.1 Å². The largest absolute Gasteiger partial charge is 0.492 e. The summed E-state index contributed by atoms with van der Waals surface area (Å²) in [6.45, 7) is 8.22. The van der Waals surface area contributed by atoms with Crippen LogP contribution in [0.3, 0.4) is 0 Å². The lowest BCUT2D eigenvalue weighted by Crippen LogP contribution is -2.43. The Balaban J connectivity index is 1.68. The van der Waals surface area contributed by atoms with E-state index in [1.165, 1.54) is 12.8 Å². The van der Waals surface area contributed by atoms with Crippen molar-refractivity contribution in [2.45, 2.75) is 26.7 Å². The fourth-order valence-electron chi connectivity index (χ4n) is 2.89. The Kier molecular flexibility index (Phi) is 7.07. The summed E-state index contributed by atoms with van der Waals surface area (Å²) in [6.07, 6.45) is 2.34. The Hall–Kier alpha value is -2.06. The van der Waals surface area contributed by atoms with E-state index in [-0.39, 0.29) is 11.8 Å². The molecule has 1 aromatic carbocycles. The van der Waals surface area contributed by atoms with Gasteiger partial charge in [-0.2, -0.15) is 5.26 Å². The van der Waals surface area contributed by atoms with E-state index in [1.807, 2.05) is 26.0 Å². The van der Waals surface area contributed by atoms with Crippen LogP contribution in [0.5, 0.6) is 5.75 Å². The minimum absolute atomic E-state index is 0.0468. The summed E-state index contributed by atoms with van der Waals surface area (Å²) >= 11 is 0. The van der Waals surface area contributed by atoms with Gasteiger partial charge in [0.25, 0.3) is 0 Å². The van der Waals surface area contributed by atoms with Crippen molar-refractivity contribution in [3.63, 3.8) is 0 Å². The van der Waals surface area contributed by atoms with E-state index in [4.69, 9.17) is 10.00 Å². The van der Waals surface area contributed by atoms with Crippen LogP contribution in [0.2, 0.25) is 0 Å². The average Bonchev–Trinajstić information content (AvgIpc) is 2.60. The summed E-state index contributed by atoms with van der Waals surface area (Å²) in [4.78, 5) is 14.1. The number of likely N-dealkylation sites (tertiary alicyclic amines) is 1. The van der Waals surface area contributed by atoms with Gasteiger partial charge in [0.15, 0.2) is 0 Å². The molecule has 2 rings (SSSR count). The zero-order valence-electron chi connectivity index (χ0n) is 14.6. The number of piperidine rings is 1. The van der Waals surface area contributed by atoms with Gasteiger partial charge in [-0.15, -0.1) is 0 Å². The van der Waals surface area contributed by atoms with E-state index in [0.717, 1.165) is 31.9 Å². The molecule has 1 amide bonds. The highest BCUT2D eigenvalue weighted by Crippen LogP contribution is 2.16. The van der Waals surface area contributed by atoms with Crippen molar-refractivity contribution in [3.05, 3.63) is 29.8 Å². The number of carbonyl (C=O) groups is 1. The second kappa shape index (κ2) is 9.29. The van der Waals surface area contributed by atoms with E-state index >= 15 is 0 Å². The Labute approximate surface area is 144 Å². The van der Waals surface area contributed by atoms with Gasteiger partial charge >= 0.3 is 0 Å². The molecule has 1 saturated heterocycles. The van der Waals surface area contributed by atoms with Gasteiger partial charge in [-0.25, -0.2) is 0 Å². The minimum atomic E-state index is 0.0468. The Morgan fingerprint density at radius 3 is 2.83 bits per heavy atom. The van der Waals surface area contributed by atoms with Gasteiger partial charge in [0, 0.05) is 25.6 Å². The van der Waals surface area contributed by atoms with Crippen LogP contribution in [-0.2, 0) is 4.79 Å². The van der Waals surface area contributed by atoms with Crippen molar-refractivity contribution in [3.8, 4) is 11.8 Å². The van der Waals surface area contributed by atoms with Crippen LogP contribution in [0.25, 0.3) is 0 Å². The predicted molar refractivity (Wildman–Crippen MR) is 93.7 cm³/mol. The molecule has 0 spiro atoms. The van der Waals surface area contributed by atoms with Gasteiger partial charge < -0.3 is 10.1 Å². The summed E-state index contributed by atoms with van der Waals surface area (Å²) < 4.78 is 5.75. The van der Waals surface area contributed by atoms with Gasteiger partial charge in [0.2, 0.25) is 5.91 Å². The molecule has 0 unspecified atom stereocenters. The van der Waals surface area contributed by atoms with Gasteiger partial charge in [-0.3, -0.25) is 9.69 Å². The normalized spacial score (nSPS) is 18.2. The quantitative estimate of drug-likeness (QED) is 0.834. The van der Waals surface area contributed by atoms with Crippen molar-refractivity contribution in [2.24, 2.45) is 11.8 Å². The topological polar surface area (TPSA) is 65.4 Å². The third-order valence-electron chi connectivity index (χ3n) is 4.35. The van der Waals surface area contributed by atoms with Crippen LogP contribution in [0.1, 0.15) is 32.3 Å². The second-order valence-electron chi connectivity index (χ2n) is 6.69. The molecule has 1 aliphatic heterocycles. The average molecular weight is 329 g/mol. The molecule has 1 aromatic rings. The maximum absolute atomic E-state index is 11.7. The molecular formula is C19H27N3O2. The highest BCUT2D eigenvalue weighted by atomic mass is 16.5. The Morgan fingerprint density at radius 1 is 1.42 bits per heavy atom. The number of nitrogens with zero attached hydrogens (tertiary/aromatic N) is 2. The predicted octanol–water partition coefficient (Wildman–Crippen LogP) is 2.42. The van der Waals surface area contributed by atoms with Crippen molar-refractivity contribution in [1.29, 1.82) is 5.26 Å². The third-order valence-corrected chi connectivity index (χ3v) is 4.35. The van der Waals surface area contributed by atoms with E-state index in [9.17, 15) is 4.79 Å². The van der Waals surface area contributed by atoms with Crippen molar-refractivity contribution in [1.82, 2.24) is 10.2 Å². The number of amides is 1. The van der Waals surface area contributed by atoms with E-state index < -0.39 is 0 Å². The number of hydrogen-bond donors (Lipinski definition) is 1. The SMILES string of the molecule is CC(C)C(=O)NC[C@@H]1CCCN(CCOc2ccc(C#N)cc2)C1. The second-order valence-corrected chi connectivity index (χ2v) is 6.69. The van der Waals surface area contributed by atoms with E-state index in [0.29, 0.717) is 18.1 Å². The van der Waals surface area contributed by atoms with Crippen molar-refractivity contribution >= 4 is 5.91 Å². The molecule has 5 nitrogen and oxygen atoms in total. The minimum Gasteiger partial charge on any atom is -0.492 e. The first kappa shape index (κ1) is 18.3. The molecule has 0 aromatic heterocycles. The molecule has 1 heterocycles. The number of nitriles is 1. The molecule has 1 aliphatic rings. The lowest BCUT2D eigenvalue weighted by molar-refractivity contribution is -0.124. The highest BCUT2D eigenvalue weighted by molar-refractivity contribution is 5.77. The summed E-state index contributed by atoms with van der Waals surface area (Å²) in [5.41, 5.74) is 0.643. The lowest BCUT2D eigenvalue weighted by Gasteiger charge is -2.32. The first-order valence-electron chi connectivity index (χ1n) is 8.71. The molecule has 0 radical (unpaired) electrons. The molecular weight excluding hydrogens is 302 g/mol. The number of nitrogens with one attached hydrogen (secondary N) is 1. The molecule has 1 N–H and O–H groups in total. The lowest BCUT2D eigenvalue weighted by atomic mass is 9.98. The van der Waals surface area contributed by atoms with Crippen molar-refractivity contribution < 1.29 is 9.53 Å². The van der Waals surface area contributed by atoms with Gasteiger partial charge in [-0.1, -0.05) is 13.8 Å². The summed E-state index contributed by atoms with van der Waals surface area (Å²) in [6, 6.07) is 9.30. The number of ether oxygens (including phenoxy) is 1. The highest BCUT2D eigenvalue weighted by Gasteiger charge is 2.20. The number of rotatable bonds is 7. The zero-order valence-corrected chi connectivity index (χ0v) is 14.6. The van der Waals surface area contributed by atoms with E-state index in [1.54, 1.807) is 12.1 Å². The van der Waals surface area contributed by atoms with Crippen LogP contribution in [0.15, 0.2) is 24.3 Å². The Bertz CT molecular complexity index is 563. The van der Waals surface area contributed by atoms with Crippen molar-refractivity contribution in [2.75, 3.05) is 32.8 Å². The van der Waals surface area contributed by atoms with Crippen LogP contribution in [0.4, 0.5) is 0 Å². The standard InChI is InChI=1S/C19H27N3O2/c1-15(2)19(23)21-13-17-4-3-9-22(14-17)10-11-24-18-7-5-16(12-20)6-8-18/h5-8,15,17H,3-4,9-11,13-14H2,1-2H3,(H,21,23)/t17-/m0/s1. The van der Waals surface area contributed by atoms with E-state index in [2.05, 4.69) is 16.3 Å². The maximum atomic E-state index is 11.7. The molecule has 24 heavy (non-hydrogen) atoms. The smallest absolute Gasteiger partial charge is 0.222 e. The number of benzene rings is 1. The molecule has 130 valence electrons. The van der Waals surface area contributed by atoms with Gasteiger partial charge in [-0.05, 0) is 49.6 Å². The molecule has 0 saturated carbocycles. The van der Waals surface area contributed by atoms with Gasteiger partial charge in [0.1, 0.15) is 12.4 Å². The maximum Gasteiger partial charge on any atom is 0.222 e. The first-order chi connectivity index (χ1) is 11.6. The Morgan fingerprint density at radius 2 is 2.17 bits per heavy atom. The molecule has 1 fully saturated rings. The fourth-order valence-corrected chi connectivity index (χ4v) is 2.89. The first-order valence-corrected chi connectivity index (χ1v) is 8.71. The van der Waals surface area contributed by atoms with Crippen LogP contribution in [0, 0.1) is 23.2 Å². The molecule has 5 heteroatoms. The molecule has 0 aliphatic carbocycles. The summed E-state index contributed by atoms with van der Waals surface area (Å²) in [5.74, 6) is 1.50.